The van der Waals surface area contributed by atoms with Gasteiger partial charge in [-0.15, -0.1) is 0 Å². The maximum Gasteiger partial charge on any atom is 0.410 e. The van der Waals surface area contributed by atoms with Crippen LogP contribution in [0.2, 0.25) is 10.3 Å². The van der Waals surface area contributed by atoms with Crippen molar-refractivity contribution in [2.45, 2.75) is 42.7 Å². The number of amides is 1. The van der Waals surface area contributed by atoms with Crippen LogP contribution in [0.15, 0.2) is 132 Å². The molecular formula is C38H35Cl2N5O7S2. The molecule has 0 saturated carbocycles. The molecule has 4 aromatic heterocycles. The summed E-state index contributed by atoms with van der Waals surface area (Å²) in [5.74, 6) is 0. The Morgan fingerprint density at radius 1 is 0.741 bits per heavy atom. The summed E-state index contributed by atoms with van der Waals surface area (Å²) in [6.07, 6.45) is 5.70. The van der Waals surface area contributed by atoms with Crippen LogP contribution in [0.25, 0.3) is 22.5 Å². The lowest BCUT2D eigenvalue weighted by molar-refractivity contribution is 0.0285. The van der Waals surface area contributed by atoms with Gasteiger partial charge in [0.25, 0.3) is 20.0 Å². The first-order valence-corrected chi connectivity index (χ1v) is 19.8. The number of nitrogens with zero attached hydrogens (tertiary/aromatic N) is 5. The summed E-state index contributed by atoms with van der Waals surface area (Å²) in [7, 11) is -6.40. The van der Waals surface area contributed by atoms with Crippen LogP contribution in [0.3, 0.4) is 0 Å². The number of carbonyl (C=O) groups excluding carboxylic acids is 2. The van der Waals surface area contributed by atoms with E-state index >= 15 is 0 Å². The second-order valence-corrected chi connectivity index (χ2v) is 17.0. The first-order valence-electron chi connectivity index (χ1n) is 16.2. The lowest BCUT2D eigenvalue weighted by Gasteiger charge is -2.24. The van der Waals surface area contributed by atoms with E-state index in [1.54, 1.807) is 58.2 Å². The zero-order valence-electron chi connectivity index (χ0n) is 29.5. The molecule has 0 atom stereocenters. The van der Waals surface area contributed by atoms with E-state index in [4.69, 9.17) is 27.9 Å². The summed E-state index contributed by atoms with van der Waals surface area (Å²) in [6.45, 7) is 5.52. The molecule has 280 valence electrons. The average molecular weight is 809 g/mol. The molecule has 0 spiro atoms. The van der Waals surface area contributed by atoms with Crippen molar-refractivity contribution in [3.05, 3.63) is 143 Å². The van der Waals surface area contributed by atoms with Crippen LogP contribution < -0.4 is 0 Å². The van der Waals surface area contributed by atoms with Gasteiger partial charge in [0, 0.05) is 37.4 Å². The van der Waals surface area contributed by atoms with Gasteiger partial charge in [-0.05, 0) is 73.9 Å². The molecule has 0 N–H and O–H groups in total. The Morgan fingerprint density at radius 3 is 1.65 bits per heavy atom. The van der Waals surface area contributed by atoms with Gasteiger partial charge in [0.05, 0.1) is 17.9 Å². The molecule has 54 heavy (non-hydrogen) atoms. The van der Waals surface area contributed by atoms with E-state index in [2.05, 4.69) is 9.97 Å². The number of ether oxygens (including phenoxy) is 1. The predicted octanol–water partition coefficient (Wildman–Crippen LogP) is 8.06. The molecule has 6 aromatic rings. The fraction of sp³-hybridized carbons (Fsp3) is 0.158. The van der Waals surface area contributed by atoms with Crippen molar-refractivity contribution in [1.82, 2.24) is 22.8 Å². The monoisotopic (exact) mass is 807 g/mol. The third-order valence-corrected chi connectivity index (χ3v) is 11.8. The highest BCUT2D eigenvalue weighted by Crippen LogP contribution is 2.31. The lowest BCUT2D eigenvalue weighted by atomic mass is 10.1. The number of benzene rings is 2. The van der Waals surface area contributed by atoms with Crippen molar-refractivity contribution in [1.29, 1.82) is 0 Å². The number of halogens is 2. The summed E-state index contributed by atoms with van der Waals surface area (Å²) < 4.78 is 60.2. The smallest absolute Gasteiger partial charge is 0.410 e. The maximum atomic E-state index is 13.4. The van der Waals surface area contributed by atoms with E-state index in [1.807, 2.05) is 36.4 Å². The van der Waals surface area contributed by atoms with Crippen molar-refractivity contribution >= 4 is 55.6 Å². The maximum absolute atomic E-state index is 13.4. The Balaban J connectivity index is 0.000000217. The molecule has 12 nitrogen and oxygen atoms in total. The van der Waals surface area contributed by atoms with E-state index in [0.29, 0.717) is 34.4 Å². The van der Waals surface area contributed by atoms with Crippen molar-refractivity contribution < 1.29 is 31.2 Å². The van der Waals surface area contributed by atoms with Crippen LogP contribution in [0, 0.1) is 0 Å². The topological polar surface area (TPSA) is 151 Å². The summed E-state index contributed by atoms with van der Waals surface area (Å²) in [6, 6.07) is 27.1. The van der Waals surface area contributed by atoms with Gasteiger partial charge in [-0.3, -0.25) is 4.79 Å². The normalized spacial score (nSPS) is 11.7. The van der Waals surface area contributed by atoms with Gasteiger partial charge in [-0.25, -0.2) is 39.5 Å². The van der Waals surface area contributed by atoms with Gasteiger partial charge < -0.3 is 9.64 Å². The largest absolute Gasteiger partial charge is 0.444 e. The van der Waals surface area contributed by atoms with Crippen molar-refractivity contribution in [2.24, 2.45) is 0 Å². The molecule has 0 bridgehead atoms. The van der Waals surface area contributed by atoms with Crippen LogP contribution in [0.4, 0.5) is 4.79 Å². The summed E-state index contributed by atoms with van der Waals surface area (Å²) in [5, 5.41) is -0.226. The molecule has 2 aromatic carbocycles. The van der Waals surface area contributed by atoms with Gasteiger partial charge in [0.1, 0.15) is 25.7 Å². The highest BCUT2D eigenvalue weighted by atomic mass is 35.5. The van der Waals surface area contributed by atoms with Crippen molar-refractivity contribution in [2.75, 3.05) is 7.05 Å². The number of hydrogen-bond acceptors (Lipinski definition) is 9. The Kier molecular flexibility index (Phi) is 12.1. The predicted molar refractivity (Wildman–Crippen MR) is 206 cm³/mol. The summed E-state index contributed by atoms with van der Waals surface area (Å²) in [4.78, 5) is 32.3. The van der Waals surface area contributed by atoms with E-state index in [-0.39, 0.29) is 32.2 Å². The highest BCUT2D eigenvalue weighted by molar-refractivity contribution is 7.90. The third kappa shape index (κ3) is 9.08. The Labute approximate surface area is 323 Å². The van der Waals surface area contributed by atoms with Crippen LogP contribution in [0.5, 0.6) is 0 Å². The minimum Gasteiger partial charge on any atom is -0.444 e. The van der Waals surface area contributed by atoms with Crippen LogP contribution in [-0.4, -0.2) is 64.7 Å². The zero-order valence-corrected chi connectivity index (χ0v) is 32.6. The molecule has 0 aliphatic heterocycles. The van der Waals surface area contributed by atoms with Gasteiger partial charge in [0.2, 0.25) is 0 Å². The van der Waals surface area contributed by atoms with Gasteiger partial charge in [0.15, 0.2) is 6.29 Å². The average Bonchev–Trinajstić information content (AvgIpc) is 3.78. The quantitative estimate of drug-likeness (QED) is 0.104. The molecule has 16 heteroatoms. The van der Waals surface area contributed by atoms with Crippen molar-refractivity contribution in [3.63, 3.8) is 0 Å². The minimum atomic E-state index is -4.02. The fourth-order valence-corrected chi connectivity index (χ4v) is 8.81. The SMILES string of the molecule is CN(Cc1cc(-c2ccccc2)n(S(=O)(=O)c2cccnc2Cl)c1)C(=O)OC(C)(C)C.O=Cc1cc(-c2ccccc2)n(S(=O)(=O)c2cccnc2Cl)c1. The molecule has 0 unspecified atom stereocenters. The molecule has 0 fully saturated rings. The second kappa shape index (κ2) is 16.4. The summed E-state index contributed by atoms with van der Waals surface area (Å²) >= 11 is 12.0. The number of aromatic nitrogens is 4. The fourth-order valence-electron chi connectivity index (χ4n) is 5.17. The second-order valence-electron chi connectivity index (χ2n) is 12.8. The van der Waals surface area contributed by atoms with Gasteiger partial charge >= 0.3 is 6.09 Å². The van der Waals surface area contributed by atoms with Gasteiger partial charge in [-0.1, -0.05) is 83.9 Å². The first kappa shape index (κ1) is 39.9. The molecule has 0 radical (unpaired) electrons. The Morgan fingerprint density at radius 2 is 1.20 bits per heavy atom. The third-order valence-electron chi connectivity index (χ3n) is 7.57. The molecule has 1 amide bonds. The van der Waals surface area contributed by atoms with Crippen molar-refractivity contribution in [3.8, 4) is 22.5 Å². The zero-order chi connectivity index (χ0) is 39.3. The molecule has 0 aliphatic carbocycles. The van der Waals surface area contributed by atoms with Gasteiger partial charge in [-0.2, -0.15) is 0 Å². The van der Waals surface area contributed by atoms with E-state index < -0.39 is 31.7 Å². The number of carbonyl (C=O) groups is 2. The Bertz CT molecular complexity index is 2500. The van der Waals surface area contributed by atoms with Crippen LogP contribution in [-0.2, 0) is 31.3 Å². The first-order chi connectivity index (χ1) is 25.5. The Hall–Kier alpha value is -5.28. The van der Waals surface area contributed by atoms with Crippen LogP contribution >= 0.6 is 23.2 Å². The molecule has 0 aliphatic rings. The number of hydrogen-bond donors (Lipinski definition) is 0. The highest BCUT2D eigenvalue weighted by Gasteiger charge is 2.27. The molecular weight excluding hydrogens is 773 g/mol. The standard InChI is InChI=1S/C22H24ClN3O4S.C16H11ClN2O3S/c1-22(2,3)30-21(27)25(4)14-16-13-18(17-9-6-5-7-10-17)26(15-16)31(28,29)19-11-8-12-24-20(19)23;17-16-15(7-4-8-18-16)23(21,22)19-10-12(11-20)9-14(19)13-5-2-1-3-6-13/h5-13,15H,14H2,1-4H3;1-11H. The molecule has 0 saturated heterocycles. The lowest BCUT2D eigenvalue weighted by Crippen LogP contribution is -2.33. The molecule has 4 heterocycles. The number of rotatable bonds is 9. The molecule has 6 rings (SSSR count). The number of pyridine rings is 2. The van der Waals surface area contributed by atoms with E-state index in [9.17, 15) is 26.4 Å². The van der Waals surface area contributed by atoms with E-state index in [1.165, 1.54) is 64.0 Å². The summed E-state index contributed by atoms with van der Waals surface area (Å²) in [5.41, 5.74) is 2.46. The van der Waals surface area contributed by atoms with E-state index in [0.717, 1.165) is 3.97 Å². The number of aldehydes is 1. The van der Waals surface area contributed by atoms with Crippen LogP contribution in [0.1, 0.15) is 36.7 Å². The minimum absolute atomic E-state index is 0.100.